The van der Waals surface area contributed by atoms with E-state index in [-0.39, 0.29) is 24.0 Å². The summed E-state index contributed by atoms with van der Waals surface area (Å²) in [5.74, 6) is 1.30. The average molecular weight is 349 g/mol. The van der Waals surface area contributed by atoms with Crippen molar-refractivity contribution >= 4 is 29.9 Å². The molecule has 1 rings (SSSR count). The number of benzene rings is 1. The second-order valence-corrected chi connectivity index (χ2v) is 3.81. The normalized spacial score (nSPS) is 10.9. The summed E-state index contributed by atoms with van der Waals surface area (Å²) in [7, 11) is 1.65. The Hall–Kier alpha value is -0.980. The van der Waals surface area contributed by atoms with E-state index in [1.54, 1.807) is 7.11 Å². The maximum Gasteiger partial charge on any atom is 0.189 e. The lowest BCUT2D eigenvalue weighted by Gasteiger charge is -2.09. The van der Waals surface area contributed by atoms with E-state index in [2.05, 4.69) is 10.3 Å². The second kappa shape index (κ2) is 8.16. The fourth-order valence-corrected chi connectivity index (χ4v) is 1.35. The van der Waals surface area contributed by atoms with Crippen LogP contribution in [0.15, 0.2) is 29.3 Å². The van der Waals surface area contributed by atoms with Crippen LogP contribution in [-0.2, 0) is 6.54 Å². The molecule has 1 aromatic rings. The van der Waals surface area contributed by atoms with Gasteiger partial charge in [0.15, 0.2) is 5.96 Å². The van der Waals surface area contributed by atoms with Gasteiger partial charge in [-0.25, -0.2) is 4.99 Å². The Morgan fingerprint density at radius 1 is 1.41 bits per heavy atom. The number of ether oxygens (including phenoxy) is 1. The van der Waals surface area contributed by atoms with E-state index in [1.165, 1.54) is 0 Å². The number of hydrogen-bond donors (Lipinski definition) is 2. The minimum absolute atomic E-state index is 0. The van der Waals surface area contributed by atoms with Crippen LogP contribution >= 0.6 is 24.0 Å². The van der Waals surface area contributed by atoms with Crippen molar-refractivity contribution in [3.8, 4) is 5.75 Å². The van der Waals surface area contributed by atoms with E-state index >= 15 is 0 Å². The van der Waals surface area contributed by atoms with Gasteiger partial charge < -0.3 is 15.8 Å². The quantitative estimate of drug-likeness (QED) is 0.497. The Morgan fingerprint density at radius 3 is 2.65 bits per heavy atom. The van der Waals surface area contributed by atoms with Crippen molar-refractivity contribution in [2.75, 3.05) is 7.11 Å². The first-order valence-corrected chi connectivity index (χ1v) is 5.32. The van der Waals surface area contributed by atoms with Crippen LogP contribution in [0.1, 0.15) is 19.4 Å². The monoisotopic (exact) mass is 349 g/mol. The van der Waals surface area contributed by atoms with Crippen molar-refractivity contribution in [3.05, 3.63) is 29.8 Å². The predicted octanol–water partition coefficient (Wildman–Crippen LogP) is 2.13. The third-order valence-electron chi connectivity index (χ3n) is 2.05. The minimum atomic E-state index is 0. The van der Waals surface area contributed by atoms with Crippen molar-refractivity contribution in [2.45, 2.75) is 26.4 Å². The first-order valence-electron chi connectivity index (χ1n) is 5.32. The zero-order valence-corrected chi connectivity index (χ0v) is 12.8. The summed E-state index contributed by atoms with van der Waals surface area (Å²) in [5.41, 5.74) is 6.74. The van der Waals surface area contributed by atoms with Crippen LogP contribution in [-0.4, -0.2) is 19.1 Å². The molecule has 0 radical (unpaired) electrons. The number of nitrogens with one attached hydrogen (secondary N) is 1. The average Bonchev–Trinajstić information content (AvgIpc) is 2.26. The Kier molecular flexibility index (Phi) is 7.69. The van der Waals surface area contributed by atoms with Crippen LogP contribution in [0.2, 0.25) is 0 Å². The Labute approximate surface area is 120 Å². The third kappa shape index (κ3) is 5.76. The molecule has 0 aliphatic carbocycles. The summed E-state index contributed by atoms with van der Waals surface area (Å²) in [6, 6.07) is 8.07. The maximum atomic E-state index is 5.71. The molecule has 0 fully saturated rings. The van der Waals surface area contributed by atoms with Crippen LogP contribution in [0.3, 0.4) is 0 Å². The molecule has 5 heteroatoms. The van der Waals surface area contributed by atoms with Gasteiger partial charge >= 0.3 is 0 Å². The number of methoxy groups -OCH3 is 1. The molecule has 0 unspecified atom stereocenters. The van der Waals surface area contributed by atoms with Gasteiger partial charge in [0.1, 0.15) is 5.75 Å². The van der Waals surface area contributed by atoms with E-state index in [4.69, 9.17) is 10.5 Å². The van der Waals surface area contributed by atoms with Gasteiger partial charge in [-0.2, -0.15) is 0 Å². The SMILES string of the molecule is COc1ccccc1CN=C(N)NC(C)C.I. The van der Waals surface area contributed by atoms with Gasteiger partial charge in [-0.15, -0.1) is 24.0 Å². The van der Waals surface area contributed by atoms with Crippen molar-refractivity contribution in [1.29, 1.82) is 0 Å². The zero-order valence-electron chi connectivity index (χ0n) is 10.4. The number of hydrogen-bond acceptors (Lipinski definition) is 2. The smallest absolute Gasteiger partial charge is 0.189 e. The number of rotatable bonds is 4. The molecule has 0 aliphatic rings. The number of halogens is 1. The lowest BCUT2D eigenvalue weighted by atomic mass is 10.2. The van der Waals surface area contributed by atoms with Crippen LogP contribution < -0.4 is 15.8 Å². The Morgan fingerprint density at radius 2 is 2.06 bits per heavy atom. The fourth-order valence-electron chi connectivity index (χ4n) is 1.35. The highest BCUT2D eigenvalue weighted by Crippen LogP contribution is 2.17. The first kappa shape index (κ1) is 16.0. The number of guanidine groups is 1. The minimum Gasteiger partial charge on any atom is -0.496 e. The molecule has 0 spiro atoms. The zero-order chi connectivity index (χ0) is 12.0. The van der Waals surface area contributed by atoms with Gasteiger partial charge in [0.05, 0.1) is 13.7 Å². The standard InChI is InChI=1S/C12H19N3O.HI/c1-9(2)15-12(13)14-8-10-6-4-5-7-11(10)16-3;/h4-7,9H,8H2,1-3H3,(H3,13,14,15);1H. The summed E-state index contributed by atoms with van der Waals surface area (Å²) >= 11 is 0. The van der Waals surface area contributed by atoms with Crippen LogP contribution in [0.4, 0.5) is 0 Å². The van der Waals surface area contributed by atoms with Crippen molar-refractivity contribution in [3.63, 3.8) is 0 Å². The van der Waals surface area contributed by atoms with Gasteiger partial charge in [0.25, 0.3) is 0 Å². The van der Waals surface area contributed by atoms with Gasteiger partial charge in [-0.3, -0.25) is 0 Å². The van der Waals surface area contributed by atoms with Crippen LogP contribution in [0, 0.1) is 0 Å². The highest BCUT2D eigenvalue weighted by Gasteiger charge is 2.00. The number of nitrogens with zero attached hydrogens (tertiary/aromatic N) is 1. The maximum absolute atomic E-state index is 5.71. The summed E-state index contributed by atoms with van der Waals surface area (Å²) < 4.78 is 5.23. The summed E-state index contributed by atoms with van der Waals surface area (Å²) in [6.45, 7) is 4.56. The van der Waals surface area contributed by atoms with E-state index in [1.807, 2.05) is 38.1 Å². The molecule has 0 amide bonds. The molecule has 0 aromatic heterocycles. The van der Waals surface area contributed by atoms with E-state index < -0.39 is 0 Å². The van der Waals surface area contributed by atoms with Gasteiger partial charge in [-0.1, -0.05) is 18.2 Å². The molecular formula is C12H20IN3O. The molecule has 0 atom stereocenters. The molecule has 96 valence electrons. The summed E-state index contributed by atoms with van der Waals surface area (Å²) in [4.78, 5) is 4.25. The Bertz CT molecular complexity index is 367. The third-order valence-corrected chi connectivity index (χ3v) is 2.05. The Balaban J connectivity index is 0.00000256. The largest absolute Gasteiger partial charge is 0.496 e. The van der Waals surface area contributed by atoms with E-state index in [0.29, 0.717) is 18.5 Å². The lowest BCUT2D eigenvalue weighted by Crippen LogP contribution is -2.36. The topological polar surface area (TPSA) is 59.6 Å². The predicted molar refractivity (Wildman–Crippen MR) is 82.0 cm³/mol. The molecule has 0 saturated heterocycles. The molecule has 17 heavy (non-hydrogen) atoms. The van der Waals surface area contributed by atoms with Crippen molar-refractivity contribution in [1.82, 2.24) is 5.32 Å². The molecule has 0 aliphatic heterocycles. The van der Waals surface area contributed by atoms with Gasteiger partial charge in [0.2, 0.25) is 0 Å². The van der Waals surface area contributed by atoms with E-state index in [9.17, 15) is 0 Å². The van der Waals surface area contributed by atoms with Crippen molar-refractivity contribution in [2.24, 2.45) is 10.7 Å². The molecule has 1 aromatic carbocycles. The van der Waals surface area contributed by atoms with Gasteiger partial charge in [-0.05, 0) is 19.9 Å². The molecule has 4 nitrogen and oxygen atoms in total. The van der Waals surface area contributed by atoms with Crippen LogP contribution in [0.5, 0.6) is 5.75 Å². The summed E-state index contributed by atoms with van der Waals surface area (Å²) in [5, 5.41) is 3.04. The molecule has 0 bridgehead atoms. The molecule has 0 heterocycles. The number of nitrogens with two attached hydrogens (primary N) is 1. The summed E-state index contributed by atoms with van der Waals surface area (Å²) in [6.07, 6.45) is 0. The fraction of sp³-hybridized carbons (Fsp3) is 0.417. The highest BCUT2D eigenvalue weighted by molar-refractivity contribution is 14.0. The highest BCUT2D eigenvalue weighted by atomic mass is 127. The first-order chi connectivity index (χ1) is 7.63. The van der Waals surface area contributed by atoms with Gasteiger partial charge in [0, 0.05) is 11.6 Å². The molecule has 0 saturated carbocycles. The van der Waals surface area contributed by atoms with Crippen molar-refractivity contribution < 1.29 is 4.74 Å². The number of para-hydroxylation sites is 1. The van der Waals surface area contributed by atoms with E-state index in [0.717, 1.165) is 11.3 Å². The second-order valence-electron chi connectivity index (χ2n) is 3.81. The number of aliphatic imine (C=N–C) groups is 1. The molecular weight excluding hydrogens is 329 g/mol. The lowest BCUT2D eigenvalue weighted by molar-refractivity contribution is 0.410. The molecule has 3 N–H and O–H groups in total. The van der Waals surface area contributed by atoms with Crippen LogP contribution in [0.25, 0.3) is 0 Å².